The van der Waals surface area contributed by atoms with Crippen LogP contribution in [0.5, 0.6) is 0 Å². The molecule has 1 heterocycles. The van der Waals surface area contributed by atoms with Crippen molar-refractivity contribution in [2.24, 2.45) is 0 Å². The summed E-state index contributed by atoms with van der Waals surface area (Å²) in [4.78, 5) is 1.96. The maximum Gasteiger partial charge on any atom is 0.318 e. The minimum atomic E-state index is -0.240. The second-order valence-electron chi connectivity index (χ2n) is 3.45. The molecule has 2 atom stereocenters. The summed E-state index contributed by atoms with van der Waals surface area (Å²) in [7, 11) is 1.94. The van der Waals surface area contributed by atoms with Crippen LogP contribution in [0.4, 0.5) is 6.01 Å². The Labute approximate surface area is 99.4 Å². The van der Waals surface area contributed by atoms with Gasteiger partial charge in [0.2, 0.25) is 5.89 Å². The molecule has 0 aromatic carbocycles. The SMILES string of the molecule is CSCC(C)N(C)c1nnc(C(C)Cl)o1. The van der Waals surface area contributed by atoms with Gasteiger partial charge >= 0.3 is 6.01 Å². The largest absolute Gasteiger partial charge is 0.406 e. The predicted octanol–water partition coefficient (Wildman–Crippen LogP) is 2.56. The molecule has 0 N–H and O–H groups in total. The summed E-state index contributed by atoms with van der Waals surface area (Å²) in [6.07, 6.45) is 2.07. The van der Waals surface area contributed by atoms with Crippen LogP contribution in [0, 0.1) is 0 Å². The van der Waals surface area contributed by atoms with Crippen LogP contribution in [0.3, 0.4) is 0 Å². The molecule has 86 valence electrons. The van der Waals surface area contributed by atoms with Crippen molar-refractivity contribution in [3.63, 3.8) is 0 Å². The fraction of sp³-hybridized carbons (Fsp3) is 0.778. The number of thioether (sulfide) groups is 1. The predicted molar refractivity (Wildman–Crippen MR) is 64.8 cm³/mol. The first-order chi connectivity index (χ1) is 7.06. The average molecular weight is 250 g/mol. The van der Waals surface area contributed by atoms with E-state index in [2.05, 4.69) is 23.4 Å². The summed E-state index contributed by atoms with van der Waals surface area (Å²) in [6, 6.07) is 0.887. The van der Waals surface area contributed by atoms with Gasteiger partial charge in [0, 0.05) is 18.8 Å². The molecule has 0 amide bonds. The van der Waals surface area contributed by atoms with Gasteiger partial charge < -0.3 is 9.32 Å². The Bertz CT molecular complexity index is 305. The molecule has 0 aliphatic heterocycles. The molecule has 0 aliphatic carbocycles. The van der Waals surface area contributed by atoms with Crippen LogP contribution >= 0.6 is 23.4 Å². The Hall–Kier alpha value is -0.420. The van der Waals surface area contributed by atoms with Gasteiger partial charge in [0.05, 0.1) is 0 Å². The smallest absolute Gasteiger partial charge is 0.318 e. The lowest BCUT2D eigenvalue weighted by Crippen LogP contribution is -2.31. The topological polar surface area (TPSA) is 42.2 Å². The van der Waals surface area contributed by atoms with E-state index in [1.807, 2.05) is 18.9 Å². The molecule has 0 fully saturated rings. The normalized spacial score (nSPS) is 15.0. The third-order valence-electron chi connectivity index (χ3n) is 2.14. The highest BCUT2D eigenvalue weighted by Gasteiger charge is 2.17. The van der Waals surface area contributed by atoms with Crippen LogP contribution in [0.2, 0.25) is 0 Å². The molecule has 1 rings (SSSR count). The Morgan fingerprint density at radius 3 is 2.60 bits per heavy atom. The molecule has 0 spiro atoms. The van der Waals surface area contributed by atoms with Crippen LogP contribution in [-0.4, -0.2) is 35.3 Å². The minimum Gasteiger partial charge on any atom is -0.406 e. The van der Waals surface area contributed by atoms with E-state index in [9.17, 15) is 0 Å². The van der Waals surface area contributed by atoms with Crippen molar-refractivity contribution in [2.75, 3.05) is 24.0 Å². The highest BCUT2D eigenvalue weighted by Crippen LogP contribution is 2.22. The highest BCUT2D eigenvalue weighted by atomic mass is 35.5. The zero-order valence-electron chi connectivity index (χ0n) is 9.40. The molecule has 0 bridgehead atoms. The number of rotatable bonds is 5. The van der Waals surface area contributed by atoms with Crippen LogP contribution in [-0.2, 0) is 0 Å². The van der Waals surface area contributed by atoms with Gasteiger partial charge in [-0.3, -0.25) is 0 Å². The third-order valence-corrected chi connectivity index (χ3v) is 3.14. The standard InChI is InChI=1S/C9H16ClN3OS/c1-6(5-15-4)13(3)9-12-11-8(14-9)7(2)10/h6-7H,5H2,1-4H3. The van der Waals surface area contributed by atoms with Crippen molar-refractivity contribution >= 4 is 29.4 Å². The Kier molecular flexibility index (Phi) is 4.73. The van der Waals surface area contributed by atoms with E-state index in [4.69, 9.17) is 16.0 Å². The van der Waals surface area contributed by atoms with Gasteiger partial charge in [-0.05, 0) is 20.1 Å². The number of halogens is 1. The number of hydrogen-bond acceptors (Lipinski definition) is 5. The summed E-state index contributed by atoms with van der Waals surface area (Å²) < 4.78 is 5.44. The molecule has 1 aromatic heterocycles. The van der Waals surface area contributed by atoms with Crippen molar-refractivity contribution in [3.8, 4) is 0 Å². The lowest BCUT2D eigenvalue weighted by Gasteiger charge is -2.21. The molecular formula is C9H16ClN3OS. The third kappa shape index (κ3) is 3.28. The first-order valence-corrected chi connectivity index (χ1v) is 6.58. The summed E-state index contributed by atoms with van der Waals surface area (Å²) in [6.45, 7) is 3.93. The van der Waals surface area contributed by atoms with Crippen molar-refractivity contribution in [2.45, 2.75) is 25.3 Å². The van der Waals surface area contributed by atoms with Crippen LogP contribution in [0.25, 0.3) is 0 Å². The van der Waals surface area contributed by atoms with E-state index < -0.39 is 0 Å². The summed E-state index contributed by atoms with van der Waals surface area (Å²) in [5.74, 6) is 1.49. The molecule has 15 heavy (non-hydrogen) atoms. The summed E-state index contributed by atoms with van der Waals surface area (Å²) >= 11 is 7.63. The zero-order chi connectivity index (χ0) is 11.4. The maximum atomic E-state index is 5.84. The van der Waals surface area contributed by atoms with E-state index in [0.29, 0.717) is 17.9 Å². The van der Waals surface area contributed by atoms with E-state index >= 15 is 0 Å². The van der Waals surface area contributed by atoms with Gasteiger partial charge in [0.1, 0.15) is 5.38 Å². The molecular weight excluding hydrogens is 234 g/mol. The lowest BCUT2D eigenvalue weighted by atomic mass is 10.4. The number of nitrogens with zero attached hydrogens (tertiary/aromatic N) is 3. The van der Waals surface area contributed by atoms with E-state index in [1.165, 1.54) is 0 Å². The second-order valence-corrected chi connectivity index (χ2v) is 5.02. The van der Waals surface area contributed by atoms with E-state index in [1.54, 1.807) is 11.8 Å². The molecule has 0 saturated heterocycles. The number of hydrogen-bond donors (Lipinski definition) is 0. The van der Waals surface area contributed by atoms with Crippen LogP contribution in [0.1, 0.15) is 25.1 Å². The molecule has 0 saturated carbocycles. The first kappa shape index (κ1) is 12.6. The fourth-order valence-electron chi connectivity index (χ4n) is 1.07. The molecule has 4 nitrogen and oxygen atoms in total. The van der Waals surface area contributed by atoms with Gasteiger partial charge in [0.25, 0.3) is 0 Å². The molecule has 0 aliphatic rings. The van der Waals surface area contributed by atoms with Gasteiger partial charge in [-0.2, -0.15) is 11.8 Å². The van der Waals surface area contributed by atoms with Crippen molar-refractivity contribution in [1.29, 1.82) is 0 Å². The van der Waals surface area contributed by atoms with Crippen molar-refractivity contribution in [3.05, 3.63) is 5.89 Å². The van der Waals surface area contributed by atoms with Crippen molar-refractivity contribution in [1.82, 2.24) is 10.2 Å². The van der Waals surface area contributed by atoms with Gasteiger partial charge in [-0.25, -0.2) is 0 Å². The van der Waals surface area contributed by atoms with Crippen LogP contribution < -0.4 is 4.90 Å². The second kappa shape index (κ2) is 5.61. The maximum absolute atomic E-state index is 5.84. The quantitative estimate of drug-likeness (QED) is 0.751. The molecule has 2 unspecified atom stereocenters. The summed E-state index contributed by atoms with van der Waals surface area (Å²) in [5, 5.41) is 7.60. The monoisotopic (exact) mass is 249 g/mol. The Balaban J connectivity index is 2.69. The fourth-order valence-corrected chi connectivity index (χ4v) is 1.87. The van der Waals surface area contributed by atoms with E-state index in [0.717, 1.165) is 5.75 Å². The average Bonchev–Trinajstić information content (AvgIpc) is 2.65. The van der Waals surface area contributed by atoms with Gasteiger partial charge in [-0.15, -0.1) is 16.7 Å². The van der Waals surface area contributed by atoms with Crippen molar-refractivity contribution < 1.29 is 4.42 Å². The van der Waals surface area contributed by atoms with Gasteiger partial charge in [-0.1, -0.05) is 5.10 Å². The molecule has 1 aromatic rings. The van der Waals surface area contributed by atoms with E-state index in [-0.39, 0.29) is 5.38 Å². The lowest BCUT2D eigenvalue weighted by molar-refractivity contribution is 0.482. The zero-order valence-corrected chi connectivity index (χ0v) is 11.0. The number of alkyl halides is 1. The van der Waals surface area contributed by atoms with Gasteiger partial charge in [0.15, 0.2) is 0 Å². The Morgan fingerprint density at radius 1 is 1.47 bits per heavy atom. The highest BCUT2D eigenvalue weighted by molar-refractivity contribution is 7.98. The minimum absolute atomic E-state index is 0.240. The number of anilines is 1. The molecule has 0 radical (unpaired) electrons. The first-order valence-electron chi connectivity index (χ1n) is 4.75. The van der Waals surface area contributed by atoms with Crippen LogP contribution in [0.15, 0.2) is 4.42 Å². The molecule has 6 heteroatoms. The number of aromatic nitrogens is 2. The summed E-state index contributed by atoms with van der Waals surface area (Å²) in [5.41, 5.74) is 0. The Morgan fingerprint density at radius 2 is 2.13 bits per heavy atom.